The molecule has 0 aromatic heterocycles. The molecule has 3 atom stereocenters. The van der Waals surface area contributed by atoms with Crippen LogP contribution in [0.3, 0.4) is 0 Å². The molecule has 0 aliphatic heterocycles. The third-order valence-electron chi connectivity index (χ3n) is 4.83. The number of aliphatic hydroxyl groups excluding tert-OH is 4. The first kappa shape index (κ1) is 24.2. The summed E-state index contributed by atoms with van der Waals surface area (Å²) in [5.74, 6) is 0. The van der Waals surface area contributed by atoms with Crippen LogP contribution in [0.2, 0.25) is 0 Å². The Morgan fingerprint density at radius 1 is 0.633 bits per heavy atom. The second kappa shape index (κ2) is 11.9. The number of anilines is 2. The maximum atomic E-state index is 9.74. The van der Waals surface area contributed by atoms with Crippen molar-refractivity contribution in [1.82, 2.24) is 0 Å². The fourth-order valence-electron chi connectivity index (χ4n) is 3.57. The van der Waals surface area contributed by atoms with E-state index in [9.17, 15) is 20.4 Å². The summed E-state index contributed by atoms with van der Waals surface area (Å²) in [7, 11) is 0. The first-order valence-electron chi connectivity index (χ1n) is 10.6. The van der Waals surface area contributed by atoms with Crippen molar-refractivity contribution in [3.8, 4) is 0 Å². The highest BCUT2D eigenvalue weighted by atomic mass is 16.3. The van der Waals surface area contributed by atoms with Gasteiger partial charge in [-0.3, -0.25) is 0 Å². The lowest BCUT2D eigenvalue weighted by molar-refractivity contribution is 0.178. The van der Waals surface area contributed by atoms with Gasteiger partial charge in [-0.25, -0.2) is 0 Å². The summed E-state index contributed by atoms with van der Waals surface area (Å²) < 4.78 is 0. The molecular formula is C24H36N2O4. The monoisotopic (exact) mass is 416 g/mol. The Kier molecular flexibility index (Phi) is 9.59. The predicted molar refractivity (Wildman–Crippen MR) is 122 cm³/mol. The van der Waals surface area contributed by atoms with Crippen molar-refractivity contribution in [3.63, 3.8) is 0 Å². The minimum absolute atomic E-state index is 0.0436. The minimum atomic E-state index is -0.471. The maximum absolute atomic E-state index is 9.74. The van der Waals surface area contributed by atoms with Gasteiger partial charge in [0, 0.05) is 37.6 Å². The van der Waals surface area contributed by atoms with E-state index in [1.165, 1.54) is 11.1 Å². The fourth-order valence-corrected chi connectivity index (χ4v) is 3.57. The maximum Gasteiger partial charge on any atom is 0.0687 e. The molecular weight excluding hydrogens is 380 g/mol. The molecule has 4 N–H and O–H groups in total. The number of aliphatic hydroxyl groups is 4. The van der Waals surface area contributed by atoms with Gasteiger partial charge in [0.15, 0.2) is 0 Å². The van der Waals surface area contributed by atoms with Crippen LogP contribution in [0.5, 0.6) is 0 Å². The molecule has 0 saturated heterocycles. The van der Waals surface area contributed by atoms with Crippen LogP contribution in [0, 0.1) is 0 Å². The van der Waals surface area contributed by atoms with Crippen LogP contribution in [-0.4, -0.2) is 71.5 Å². The lowest BCUT2D eigenvalue weighted by atomic mass is 10.0. The molecule has 2 aromatic carbocycles. The van der Waals surface area contributed by atoms with Gasteiger partial charge in [-0.05, 0) is 62.6 Å². The van der Waals surface area contributed by atoms with Crippen molar-refractivity contribution in [2.45, 2.75) is 45.5 Å². The Balaban J connectivity index is 2.05. The third kappa shape index (κ3) is 7.95. The van der Waals surface area contributed by atoms with Gasteiger partial charge in [-0.2, -0.15) is 0 Å². The highest BCUT2D eigenvalue weighted by Crippen LogP contribution is 2.20. The summed E-state index contributed by atoms with van der Waals surface area (Å²) in [6, 6.07) is 16.4. The molecule has 0 aliphatic rings. The highest BCUT2D eigenvalue weighted by Gasteiger charge is 2.12. The van der Waals surface area contributed by atoms with Gasteiger partial charge in [0.05, 0.1) is 24.9 Å². The molecule has 2 rings (SSSR count). The second-order valence-electron chi connectivity index (χ2n) is 8.13. The summed E-state index contributed by atoms with van der Waals surface area (Å²) in [4.78, 5) is 3.97. The van der Waals surface area contributed by atoms with Gasteiger partial charge in [0.2, 0.25) is 0 Å². The Labute approximate surface area is 180 Å². The van der Waals surface area contributed by atoms with Crippen molar-refractivity contribution in [1.29, 1.82) is 0 Å². The summed E-state index contributed by atoms with van der Waals surface area (Å²) in [5.41, 5.74) is 4.32. The molecule has 0 amide bonds. The van der Waals surface area contributed by atoms with Crippen LogP contribution in [0.15, 0.2) is 48.5 Å². The van der Waals surface area contributed by atoms with E-state index in [-0.39, 0.29) is 6.61 Å². The first-order valence-corrected chi connectivity index (χ1v) is 10.6. The first-order chi connectivity index (χ1) is 14.3. The lowest BCUT2D eigenvalue weighted by Gasteiger charge is -2.27. The molecule has 0 fully saturated rings. The zero-order chi connectivity index (χ0) is 22.1. The summed E-state index contributed by atoms with van der Waals surface area (Å²) in [5, 5.41) is 38.4. The van der Waals surface area contributed by atoms with E-state index in [0.29, 0.717) is 26.2 Å². The average molecular weight is 417 g/mol. The van der Waals surface area contributed by atoms with Crippen molar-refractivity contribution in [2.75, 3.05) is 42.6 Å². The van der Waals surface area contributed by atoms with Gasteiger partial charge in [-0.15, -0.1) is 0 Å². The van der Waals surface area contributed by atoms with Crippen molar-refractivity contribution in [3.05, 3.63) is 59.7 Å². The number of nitrogens with zero attached hydrogens (tertiary/aromatic N) is 2. The molecule has 0 saturated carbocycles. The summed E-state index contributed by atoms with van der Waals surface area (Å²) in [6.07, 6.45) is -0.608. The quantitative estimate of drug-likeness (QED) is 0.424. The van der Waals surface area contributed by atoms with Crippen molar-refractivity contribution >= 4 is 11.4 Å². The van der Waals surface area contributed by atoms with Crippen LogP contribution in [0.1, 0.15) is 31.9 Å². The Bertz CT molecular complexity index is 720. The molecule has 0 aliphatic carbocycles. The highest BCUT2D eigenvalue weighted by molar-refractivity contribution is 5.50. The predicted octanol–water partition coefficient (Wildman–Crippen LogP) is 2.02. The SMILES string of the molecule is CC(O)CN(CCO)c1ccc(Cc2ccc(N(CC(C)O)CC(C)O)cc2)cc1. The summed E-state index contributed by atoms with van der Waals surface area (Å²) in [6.45, 7) is 7.20. The van der Waals surface area contributed by atoms with Crippen LogP contribution < -0.4 is 9.80 Å². The van der Waals surface area contributed by atoms with Crippen molar-refractivity contribution in [2.24, 2.45) is 0 Å². The Hall–Kier alpha value is -2.12. The second-order valence-corrected chi connectivity index (χ2v) is 8.13. The smallest absolute Gasteiger partial charge is 0.0687 e. The summed E-state index contributed by atoms with van der Waals surface area (Å²) >= 11 is 0. The zero-order valence-electron chi connectivity index (χ0n) is 18.3. The standard InChI is InChI=1S/C24H36N2O4/c1-18(28)15-25(12-13-27)23-8-4-21(5-9-23)14-22-6-10-24(11-7-22)26(16-19(2)29)17-20(3)30/h4-11,18-20,27-30H,12-17H2,1-3H3. The van der Waals surface area contributed by atoms with E-state index in [4.69, 9.17) is 0 Å². The van der Waals surface area contributed by atoms with Gasteiger partial charge in [-0.1, -0.05) is 24.3 Å². The topological polar surface area (TPSA) is 87.4 Å². The number of benzene rings is 2. The van der Waals surface area contributed by atoms with E-state index in [0.717, 1.165) is 17.8 Å². The van der Waals surface area contributed by atoms with Gasteiger partial charge in [0.1, 0.15) is 0 Å². The van der Waals surface area contributed by atoms with Crippen LogP contribution in [-0.2, 0) is 6.42 Å². The van der Waals surface area contributed by atoms with Gasteiger partial charge >= 0.3 is 0 Å². The Morgan fingerprint density at radius 2 is 1.00 bits per heavy atom. The third-order valence-corrected chi connectivity index (χ3v) is 4.83. The molecule has 6 heteroatoms. The van der Waals surface area contributed by atoms with Crippen LogP contribution >= 0.6 is 0 Å². The molecule has 0 radical (unpaired) electrons. The molecule has 30 heavy (non-hydrogen) atoms. The fraction of sp³-hybridized carbons (Fsp3) is 0.500. The molecule has 0 heterocycles. The Morgan fingerprint density at radius 3 is 1.37 bits per heavy atom. The number of hydrogen-bond donors (Lipinski definition) is 4. The number of rotatable bonds is 12. The van der Waals surface area contributed by atoms with Crippen LogP contribution in [0.25, 0.3) is 0 Å². The number of hydrogen-bond acceptors (Lipinski definition) is 6. The largest absolute Gasteiger partial charge is 0.395 e. The molecule has 0 bridgehead atoms. The average Bonchev–Trinajstić information content (AvgIpc) is 2.67. The molecule has 166 valence electrons. The molecule has 3 unspecified atom stereocenters. The molecule has 0 spiro atoms. The lowest BCUT2D eigenvalue weighted by Crippen LogP contribution is -2.36. The van der Waals surface area contributed by atoms with E-state index in [2.05, 4.69) is 24.3 Å². The van der Waals surface area contributed by atoms with Crippen LogP contribution in [0.4, 0.5) is 11.4 Å². The zero-order valence-corrected chi connectivity index (χ0v) is 18.3. The van der Waals surface area contributed by atoms with Gasteiger partial charge in [0.25, 0.3) is 0 Å². The van der Waals surface area contributed by atoms with Crippen molar-refractivity contribution < 1.29 is 20.4 Å². The molecule has 2 aromatic rings. The molecule has 6 nitrogen and oxygen atoms in total. The minimum Gasteiger partial charge on any atom is -0.395 e. The van der Waals surface area contributed by atoms with Gasteiger partial charge < -0.3 is 30.2 Å². The van der Waals surface area contributed by atoms with E-state index in [1.807, 2.05) is 34.1 Å². The van der Waals surface area contributed by atoms with E-state index < -0.39 is 18.3 Å². The normalized spacial score (nSPS) is 14.2. The van der Waals surface area contributed by atoms with E-state index in [1.54, 1.807) is 20.8 Å². The van der Waals surface area contributed by atoms with E-state index >= 15 is 0 Å².